The average molecular weight is 175 g/mol. The van der Waals surface area contributed by atoms with Crippen LogP contribution in [0.25, 0.3) is 0 Å². The molecule has 0 aliphatic carbocycles. The number of esters is 1. The summed E-state index contributed by atoms with van der Waals surface area (Å²) in [4.78, 5) is 10.9. The normalized spacial score (nSPS) is 10.3. The molecule has 0 radical (unpaired) electrons. The van der Waals surface area contributed by atoms with E-state index in [1.165, 1.54) is 0 Å². The van der Waals surface area contributed by atoms with E-state index < -0.39 is 0 Å². The van der Waals surface area contributed by atoms with Crippen molar-refractivity contribution in [1.82, 2.24) is 5.32 Å². The highest BCUT2D eigenvalue weighted by molar-refractivity contribution is 5.71. The van der Waals surface area contributed by atoms with Crippen molar-refractivity contribution >= 4 is 5.97 Å². The summed E-state index contributed by atoms with van der Waals surface area (Å²) in [6, 6.07) is 0. The van der Waals surface area contributed by atoms with Crippen molar-refractivity contribution in [1.29, 1.82) is 0 Å². The molecule has 1 N–H and O–H groups in total. The fourth-order valence-corrected chi connectivity index (χ4v) is 0.482. The molecule has 0 rings (SSSR count). The Morgan fingerprint density at radius 2 is 2.17 bits per heavy atom. The van der Waals surface area contributed by atoms with Gasteiger partial charge in [0.25, 0.3) is 0 Å². The number of rotatable bonds is 6. The summed E-state index contributed by atoms with van der Waals surface area (Å²) in [5.74, 6) is -0.320. The number of nitrogens with one attached hydrogen (secondary N) is 1. The van der Waals surface area contributed by atoms with E-state index in [2.05, 4.69) is 5.32 Å². The second-order valence-corrected chi connectivity index (χ2v) is 2.69. The lowest BCUT2D eigenvalue weighted by Crippen LogP contribution is -2.20. The SMILES string of the molecule is CCNCOCOC(=O)C(C)C. The minimum Gasteiger partial charge on any atom is -0.438 e. The number of hydrogen-bond donors (Lipinski definition) is 1. The first kappa shape index (κ1) is 11.4. The summed E-state index contributed by atoms with van der Waals surface area (Å²) < 4.78 is 9.69. The third-order valence-corrected chi connectivity index (χ3v) is 1.21. The average Bonchev–Trinajstić information content (AvgIpc) is 2.03. The lowest BCUT2D eigenvalue weighted by molar-refractivity contribution is -0.160. The zero-order valence-corrected chi connectivity index (χ0v) is 7.92. The second kappa shape index (κ2) is 7.06. The van der Waals surface area contributed by atoms with Crippen LogP contribution in [-0.4, -0.2) is 26.0 Å². The van der Waals surface area contributed by atoms with Gasteiger partial charge in [-0.15, -0.1) is 0 Å². The molecule has 0 bridgehead atoms. The summed E-state index contributed by atoms with van der Waals surface area (Å²) in [6.45, 7) is 6.84. The van der Waals surface area contributed by atoms with Crippen LogP contribution < -0.4 is 5.32 Å². The van der Waals surface area contributed by atoms with Gasteiger partial charge in [-0.25, -0.2) is 0 Å². The van der Waals surface area contributed by atoms with E-state index in [1.54, 1.807) is 13.8 Å². The Bertz CT molecular complexity index is 125. The number of carbonyl (C=O) groups excluding carboxylic acids is 1. The first-order valence-corrected chi connectivity index (χ1v) is 4.13. The van der Waals surface area contributed by atoms with Crippen molar-refractivity contribution in [3.63, 3.8) is 0 Å². The topological polar surface area (TPSA) is 47.6 Å². The molecule has 0 fully saturated rings. The van der Waals surface area contributed by atoms with Gasteiger partial charge in [0.15, 0.2) is 6.79 Å². The molecular formula is C8H17NO3. The van der Waals surface area contributed by atoms with Gasteiger partial charge in [-0.2, -0.15) is 0 Å². The van der Waals surface area contributed by atoms with Gasteiger partial charge in [-0.1, -0.05) is 20.8 Å². The fraction of sp³-hybridized carbons (Fsp3) is 0.875. The van der Waals surface area contributed by atoms with E-state index in [9.17, 15) is 4.79 Å². The van der Waals surface area contributed by atoms with Crippen molar-refractivity contribution in [2.45, 2.75) is 20.8 Å². The molecule has 0 aromatic rings. The molecule has 0 spiro atoms. The predicted octanol–water partition coefficient (Wildman–Crippen LogP) is 0.727. The largest absolute Gasteiger partial charge is 0.438 e. The Hall–Kier alpha value is -0.610. The van der Waals surface area contributed by atoms with Crippen LogP contribution in [0.4, 0.5) is 0 Å². The Kier molecular flexibility index (Phi) is 6.70. The standard InChI is InChI=1S/C8H17NO3/c1-4-9-5-11-6-12-8(10)7(2)3/h7,9H,4-6H2,1-3H3. The zero-order valence-electron chi connectivity index (χ0n) is 7.92. The Labute approximate surface area is 73.2 Å². The van der Waals surface area contributed by atoms with Crippen LogP contribution >= 0.6 is 0 Å². The maximum absolute atomic E-state index is 10.9. The molecular weight excluding hydrogens is 158 g/mol. The number of ether oxygens (including phenoxy) is 2. The third kappa shape index (κ3) is 6.12. The highest BCUT2D eigenvalue weighted by atomic mass is 16.7. The summed E-state index contributed by atoms with van der Waals surface area (Å²) in [7, 11) is 0. The van der Waals surface area contributed by atoms with Crippen LogP contribution in [0.15, 0.2) is 0 Å². The van der Waals surface area contributed by atoms with Gasteiger partial charge in [0.2, 0.25) is 0 Å². The van der Waals surface area contributed by atoms with E-state index in [-0.39, 0.29) is 18.7 Å². The molecule has 0 amide bonds. The van der Waals surface area contributed by atoms with Crippen LogP contribution in [0.5, 0.6) is 0 Å². The maximum atomic E-state index is 10.9. The van der Waals surface area contributed by atoms with Gasteiger partial charge in [0.1, 0.15) is 6.73 Å². The molecule has 4 nitrogen and oxygen atoms in total. The summed E-state index contributed by atoms with van der Waals surface area (Å²) in [6.07, 6.45) is 0. The molecule has 0 saturated carbocycles. The molecule has 72 valence electrons. The third-order valence-electron chi connectivity index (χ3n) is 1.21. The molecule has 0 aromatic carbocycles. The summed E-state index contributed by atoms with van der Waals surface area (Å²) in [5, 5.41) is 2.94. The quantitative estimate of drug-likeness (QED) is 0.367. The molecule has 0 aliphatic rings. The number of hydrogen-bond acceptors (Lipinski definition) is 4. The van der Waals surface area contributed by atoms with Crippen molar-refractivity contribution < 1.29 is 14.3 Å². The van der Waals surface area contributed by atoms with Gasteiger partial charge in [-0.05, 0) is 6.54 Å². The lowest BCUT2D eigenvalue weighted by Gasteiger charge is -2.07. The van der Waals surface area contributed by atoms with E-state index in [0.29, 0.717) is 6.73 Å². The fourth-order valence-electron chi connectivity index (χ4n) is 0.482. The maximum Gasteiger partial charge on any atom is 0.310 e. The second-order valence-electron chi connectivity index (χ2n) is 2.69. The van der Waals surface area contributed by atoms with Gasteiger partial charge < -0.3 is 9.47 Å². The van der Waals surface area contributed by atoms with Crippen LogP contribution in [0.1, 0.15) is 20.8 Å². The monoisotopic (exact) mass is 175 g/mol. The van der Waals surface area contributed by atoms with Crippen molar-refractivity contribution in [2.75, 3.05) is 20.1 Å². The van der Waals surface area contributed by atoms with Gasteiger partial charge in [0.05, 0.1) is 5.92 Å². The molecule has 0 heterocycles. The summed E-state index contributed by atoms with van der Waals surface area (Å²) in [5.41, 5.74) is 0. The molecule has 0 aliphatic heterocycles. The highest BCUT2D eigenvalue weighted by Gasteiger charge is 2.06. The van der Waals surface area contributed by atoms with Gasteiger partial charge >= 0.3 is 5.97 Å². The minimum absolute atomic E-state index is 0.0318. The van der Waals surface area contributed by atoms with Gasteiger partial charge in [-0.3, -0.25) is 10.1 Å². The van der Waals surface area contributed by atoms with Gasteiger partial charge in [0, 0.05) is 0 Å². The van der Waals surface area contributed by atoms with E-state index in [4.69, 9.17) is 9.47 Å². The van der Waals surface area contributed by atoms with Crippen LogP contribution in [0.3, 0.4) is 0 Å². The molecule has 0 saturated heterocycles. The summed E-state index contributed by atoms with van der Waals surface area (Å²) >= 11 is 0. The first-order chi connectivity index (χ1) is 5.68. The molecule has 0 unspecified atom stereocenters. The van der Waals surface area contributed by atoms with E-state index in [1.807, 2.05) is 6.92 Å². The smallest absolute Gasteiger partial charge is 0.310 e. The molecule has 12 heavy (non-hydrogen) atoms. The van der Waals surface area contributed by atoms with Crippen LogP contribution in [0.2, 0.25) is 0 Å². The first-order valence-electron chi connectivity index (χ1n) is 4.13. The molecule has 0 aromatic heterocycles. The molecule has 0 atom stereocenters. The number of carbonyl (C=O) groups is 1. The zero-order chi connectivity index (χ0) is 9.40. The lowest BCUT2D eigenvalue weighted by atomic mass is 10.2. The van der Waals surface area contributed by atoms with Crippen molar-refractivity contribution in [2.24, 2.45) is 5.92 Å². The van der Waals surface area contributed by atoms with Crippen molar-refractivity contribution in [3.05, 3.63) is 0 Å². The minimum atomic E-state index is -0.230. The van der Waals surface area contributed by atoms with E-state index >= 15 is 0 Å². The Balaban J connectivity index is 3.14. The molecule has 4 heteroatoms. The van der Waals surface area contributed by atoms with Crippen LogP contribution in [-0.2, 0) is 14.3 Å². The Morgan fingerprint density at radius 1 is 1.50 bits per heavy atom. The van der Waals surface area contributed by atoms with Crippen LogP contribution in [0, 0.1) is 5.92 Å². The highest BCUT2D eigenvalue weighted by Crippen LogP contribution is 1.94. The Morgan fingerprint density at radius 3 is 2.67 bits per heavy atom. The van der Waals surface area contributed by atoms with E-state index in [0.717, 1.165) is 6.54 Å². The predicted molar refractivity (Wildman–Crippen MR) is 45.4 cm³/mol. The van der Waals surface area contributed by atoms with Crippen molar-refractivity contribution in [3.8, 4) is 0 Å².